The number of benzene rings is 1. The maximum atomic E-state index is 5.93. The lowest BCUT2D eigenvalue weighted by molar-refractivity contribution is -0.101. The molecule has 2 heterocycles. The zero-order valence-electron chi connectivity index (χ0n) is 14.6. The van der Waals surface area contributed by atoms with E-state index in [1.807, 2.05) is 0 Å². The molecule has 2 fully saturated rings. The fraction of sp³-hybridized carbons (Fsp3) is 0.684. The number of nitrogens with zero attached hydrogens (tertiary/aromatic N) is 2. The van der Waals surface area contributed by atoms with Crippen LogP contribution in [-0.2, 0) is 22.6 Å². The monoisotopic (exact) mass is 318 g/mol. The molecule has 0 spiro atoms. The summed E-state index contributed by atoms with van der Waals surface area (Å²) >= 11 is 0. The molecule has 0 amide bonds. The Balaban J connectivity index is 1.52. The molecule has 1 unspecified atom stereocenters. The lowest BCUT2D eigenvalue weighted by Gasteiger charge is -2.40. The van der Waals surface area contributed by atoms with Crippen molar-refractivity contribution in [2.45, 2.75) is 39.0 Å². The van der Waals surface area contributed by atoms with Crippen LogP contribution in [0.15, 0.2) is 24.3 Å². The molecule has 4 heteroatoms. The molecule has 1 aromatic carbocycles. The first-order valence-electron chi connectivity index (χ1n) is 8.91. The third kappa shape index (κ3) is 4.77. The summed E-state index contributed by atoms with van der Waals surface area (Å²) < 4.78 is 11.3. The Bertz CT molecular complexity index is 485. The zero-order valence-corrected chi connectivity index (χ0v) is 14.6. The molecule has 4 nitrogen and oxygen atoms in total. The summed E-state index contributed by atoms with van der Waals surface area (Å²) in [5, 5.41) is 0. The Labute approximate surface area is 140 Å². The van der Waals surface area contributed by atoms with Crippen LogP contribution < -0.4 is 0 Å². The van der Waals surface area contributed by atoms with Crippen molar-refractivity contribution in [1.29, 1.82) is 0 Å². The molecule has 0 N–H and O–H groups in total. The van der Waals surface area contributed by atoms with Crippen LogP contribution in [-0.4, -0.2) is 61.4 Å². The second-order valence-electron chi connectivity index (χ2n) is 7.07. The van der Waals surface area contributed by atoms with Gasteiger partial charge in [0.1, 0.15) is 0 Å². The van der Waals surface area contributed by atoms with E-state index in [0.717, 1.165) is 65.5 Å². The van der Waals surface area contributed by atoms with Gasteiger partial charge in [0.05, 0.1) is 25.4 Å². The van der Waals surface area contributed by atoms with E-state index in [1.54, 1.807) is 0 Å². The number of rotatable bonds is 5. The molecule has 0 aromatic heterocycles. The Morgan fingerprint density at radius 3 is 2.09 bits per heavy atom. The van der Waals surface area contributed by atoms with E-state index in [9.17, 15) is 0 Å². The van der Waals surface area contributed by atoms with E-state index >= 15 is 0 Å². The largest absolute Gasteiger partial charge is 0.379 e. The highest BCUT2D eigenvalue weighted by Crippen LogP contribution is 2.22. The van der Waals surface area contributed by atoms with Gasteiger partial charge in [-0.2, -0.15) is 0 Å². The summed E-state index contributed by atoms with van der Waals surface area (Å²) in [5.41, 5.74) is 2.82. The summed E-state index contributed by atoms with van der Waals surface area (Å²) in [6.07, 6.45) is 1.07. The number of hydrogen-bond acceptors (Lipinski definition) is 4. The van der Waals surface area contributed by atoms with Crippen LogP contribution in [0.4, 0.5) is 0 Å². The second kappa shape index (κ2) is 7.75. The molecule has 3 rings (SSSR count). The minimum absolute atomic E-state index is 0.0223. The zero-order chi connectivity index (χ0) is 16.1. The van der Waals surface area contributed by atoms with Gasteiger partial charge in [0.15, 0.2) is 0 Å². The number of ether oxygens (including phenoxy) is 2. The van der Waals surface area contributed by atoms with Gasteiger partial charge in [0.25, 0.3) is 0 Å². The van der Waals surface area contributed by atoms with Gasteiger partial charge in [-0.05, 0) is 24.5 Å². The smallest absolute Gasteiger partial charge is 0.0779 e. The quantitative estimate of drug-likeness (QED) is 0.833. The minimum Gasteiger partial charge on any atom is -0.379 e. The summed E-state index contributed by atoms with van der Waals surface area (Å²) in [4.78, 5) is 4.98. The highest BCUT2D eigenvalue weighted by Gasteiger charge is 2.30. The van der Waals surface area contributed by atoms with E-state index in [0.29, 0.717) is 0 Å². The van der Waals surface area contributed by atoms with Crippen molar-refractivity contribution in [3.63, 3.8) is 0 Å². The summed E-state index contributed by atoms with van der Waals surface area (Å²) in [7, 11) is 0. The summed E-state index contributed by atoms with van der Waals surface area (Å²) in [6, 6.07) is 9.14. The van der Waals surface area contributed by atoms with Crippen LogP contribution in [0.5, 0.6) is 0 Å². The fourth-order valence-corrected chi connectivity index (χ4v) is 3.39. The molecular weight excluding hydrogens is 288 g/mol. The van der Waals surface area contributed by atoms with Crippen molar-refractivity contribution in [2.75, 3.05) is 46.0 Å². The van der Waals surface area contributed by atoms with Gasteiger partial charge in [-0.3, -0.25) is 9.80 Å². The minimum atomic E-state index is 0.0223. The van der Waals surface area contributed by atoms with Gasteiger partial charge in [0.2, 0.25) is 0 Å². The molecule has 2 aliphatic heterocycles. The Kier molecular flexibility index (Phi) is 5.70. The molecular formula is C19H30N2O2. The first-order valence-corrected chi connectivity index (χ1v) is 8.91. The van der Waals surface area contributed by atoms with Crippen molar-refractivity contribution in [3.05, 3.63) is 35.4 Å². The van der Waals surface area contributed by atoms with Crippen LogP contribution in [0.1, 0.15) is 31.4 Å². The van der Waals surface area contributed by atoms with Crippen LogP contribution in [0.25, 0.3) is 0 Å². The predicted molar refractivity (Wildman–Crippen MR) is 92.5 cm³/mol. The first-order chi connectivity index (χ1) is 11.2. The Morgan fingerprint density at radius 2 is 1.48 bits per heavy atom. The lowest BCUT2D eigenvalue weighted by Crippen LogP contribution is -2.49. The van der Waals surface area contributed by atoms with Crippen molar-refractivity contribution < 1.29 is 9.47 Å². The van der Waals surface area contributed by atoms with Gasteiger partial charge in [-0.15, -0.1) is 0 Å². The molecule has 2 saturated heterocycles. The van der Waals surface area contributed by atoms with Crippen LogP contribution in [0, 0.1) is 0 Å². The van der Waals surface area contributed by atoms with Crippen LogP contribution in [0.3, 0.4) is 0 Å². The highest BCUT2D eigenvalue weighted by molar-refractivity contribution is 5.22. The maximum Gasteiger partial charge on any atom is 0.0779 e. The predicted octanol–water partition coefficient (Wildman–Crippen LogP) is 2.52. The topological polar surface area (TPSA) is 24.9 Å². The van der Waals surface area contributed by atoms with E-state index in [-0.39, 0.29) is 5.60 Å². The maximum absolute atomic E-state index is 5.93. The summed E-state index contributed by atoms with van der Waals surface area (Å²) in [6.45, 7) is 13.2. The molecule has 1 atom stereocenters. The van der Waals surface area contributed by atoms with E-state index in [1.165, 1.54) is 11.1 Å². The van der Waals surface area contributed by atoms with Gasteiger partial charge in [-0.25, -0.2) is 0 Å². The molecule has 128 valence electrons. The van der Waals surface area contributed by atoms with Crippen LogP contribution in [0.2, 0.25) is 0 Å². The highest BCUT2D eigenvalue weighted by atomic mass is 16.5. The molecule has 0 saturated carbocycles. The third-order valence-corrected chi connectivity index (χ3v) is 5.10. The number of morpholine rings is 2. The fourth-order valence-electron chi connectivity index (χ4n) is 3.39. The second-order valence-corrected chi connectivity index (χ2v) is 7.07. The normalized spacial score (nSPS) is 27.2. The molecule has 0 radical (unpaired) electrons. The third-order valence-electron chi connectivity index (χ3n) is 5.10. The van der Waals surface area contributed by atoms with Crippen molar-refractivity contribution in [1.82, 2.24) is 9.80 Å². The summed E-state index contributed by atoms with van der Waals surface area (Å²) in [5.74, 6) is 0. The van der Waals surface area contributed by atoms with Gasteiger partial charge in [0, 0.05) is 39.3 Å². The lowest BCUT2D eigenvalue weighted by atomic mass is 10.0. The Morgan fingerprint density at radius 1 is 0.913 bits per heavy atom. The average Bonchev–Trinajstić information content (AvgIpc) is 2.58. The van der Waals surface area contributed by atoms with Crippen molar-refractivity contribution in [3.8, 4) is 0 Å². The van der Waals surface area contributed by atoms with Crippen LogP contribution >= 0.6 is 0 Å². The molecule has 0 bridgehead atoms. The standard InChI is InChI=1S/C19H30N2O2/c1-3-19(2)16-21(10-13-23-19)15-18-6-4-17(5-7-18)14-20-8-11-22-12-9-20/h4-7H,3,8-16H2,1-2H3. The molecule has 0 aliphatic carbocycles. The average molecular weight is 318 g/mol. The van der Waals surface area contributed by atoms with E-state index < -0.39 is 0 Å². The molecule has 23 heavy (non-hydrogen) atoms. The van der Waals surface area contributed by atoms with Gasteiger partial charge in [-0.1, -0.05) is 31.2 Å². The first kappa shape index (κ1) is 16.9. The molecule has 2 aliphatic rings. The van der Waals surface area contributed by atoms with Crippen molar-refractivity contribution >= 4 is 0 Å². The van der Waals surface area contributed by atoms with E-state index in [4.69, 9.17) is 9.47 Å². The Hall–Kier alpha value is -0.940. The number of hydrogen-bond donors (Lipinski definition) is 0. The van der Waals surface area contributed by atoms with Gasteiger partial charge < -0.3 is 9.47 Å². The SMILES string of the molecule is CCC1(C)CN(Cc2ccc(CN3CCOCC3)cc2)CCO1. The van der Waals surface area contributed by atoms with Crippen molar-refractivity contribution in [2.24, 2.45) is 0 Å². The van der Waals surface area contributed by atoms with Gasteiger partial charge >= 0.3 is 0 Å². The molecule has 1 aromatic rings. The van der Waals surface area contributed by atoms with E-state index in [2.05, 4.69) is 47.9 Å².